The van der Waals surface area contributed by atoms with Gasteiger partial charge in [0.1, 0.15) is 12.6 Å². The Labute approximate surface area is 236 Å². The first-order chi connectivity index (χ1) is 18.5. The number of hydrogen-bond acceptors (Lipinski definition) is 4. The standard InChI is InChI=1S/C30H36ClN3O4S/c1-5-23(3)32-30(36)28(19-24-13-7-6-8-14-24)33(20-25-15-11-16-26(31)18-25)29(35)21-34(39(4,37)38)27-17-10-9-12-22(27)2/h6-18,23,28H,5,19-21H2,1-4H3,(H,32,36). The molecule has 0 fully saturated rings. The second kappa shape index (κ2) is 13.6. The molecule has 1 N–H and O–H groups in total. The quantitative estimate of drug-likeness (QED) is 0.334. The predicted molar refractivity (Wildman–Crippen MR) is 157 cm³/mol. The second-order valence-electron chi connectivity index (χ2n) is 9.73. The Morgan fingerprint density at radius 2 is 1.59 bits per heavy atom. The SMILES string of the molecule is CCC(C)NC(=O)C(Cc1ccccc1)N(Cc1cccc(Cl)c1)C(=O)CN(c1ccccc1C)S(C)(=O)=O. The summed E-state index contributed by atoms with van der Waals surface area (Å²) in [4.78, 5) is 29.2. The van der Waals surface area contributed by atoms with E-state index in [0.717, 1.165) is 28.1 Å². The number of sulfonamides is 1. The number of nitrogens with one attached hydrogen (secondary N) is 1. The topological polar surface area (TPSA) is 86.8 Å². The lowest BCUT2D eigenvalue weighted by atomic mass is 10.0. The minimum Gasteiger partial charge on any atom is -0.352 e. The summed E-state index contributed by atoms with van der Waals surface area (Å²) in [7, 11) is -3.81. The molecular weight excluding hydrogens is 534 g/mol. The molecule has 3 aromatic rings. The largest absolute Gasteiger partial charge is 0.352 e. The van der Waals surface area contributed by atoms with Crippen LogP contribution in [-0.2, 0) is 32.6 Å². The summed E-state index contributed by atoms with van der Waals surface area (Å²) in [6.07, 6.45) is 2.06. The Morgan fingerprint density at radius 1 is 0.949 bits per heavy atom. The van der Waals surface area contributed by atoms with Crippen molar-refractivity contribution in [3.05, 3.63) is 101 Å². The summed E-state index contributed by atoms with van der Waals surface area (Å²) in [6, 6.07) is 22.6. The van der Waals surface area contributed by atoms with Crippen LogP contribution in [0.25, 0.3) is 0 Å². The highest BCUT2D eigenvalue weighted by Crippen LogP contribution is 2.24. The number of carbonyl (C=O) groups excluding carboxylic acids is 2. The van der Waals surface area contributed by atoms with Gasteiger partial charge in [-0.2, -0.15) is 0 Å². The number of carbonyl (C=O) groups is 2. The van der Waals surface area contributed by atoms with Crippen LogP contribution in [0.5, 0.6) is 0 Å². The highest BCUT2D eigenvalue weighted by atomic mass is 35.5. The Hall–Kier alpha value is -3.36. The van der Waals surface area contributed by atoms with E-state index < -0.39 is 28.5 Å². The van der Waals surface area contributed by atoms with Crippen molar-refractivity contribution in [3.8, 4) is 0 Å². The average Bonchev–Trinajstić information content (AvgIpc) is 2.89. The maximum Gasteiger partial charge on any atom is 0.244 e. The van der Waals surface area contributed by atoms with Gasteiger partial charge in [0.2, 0.25) is 21.8 Å². The van der Waals surface area contributed by atoms with Crippen LogP contribution in [0.4, 0.5) is 5.69 Å². The van der Waals surface area contributed by atoms with Gasteiger partial charge >= 0.3 is 0 Å². The minimum atomic E-state index is -3.81. The molecule has 2 atom stereocenters. The van der Waals surface area contributed by atoms with Crippen molar-refractivity contribution >= 4 is 39.1 Å². The first-order valence-electron chi connectivity index (χ1n) is 12.9. The van der Waals surface area contributed by atoms with E-state index in [-0.39, 0.29) is 24.9 Å². The molecule has 0 saturated carbocycles. The molecular formula is C30H36ClN3O4S. The van der Waals surface area contributed by atoms with E-state index in [1.54, 1.807) is 43.3 Å². The lowest BCUT2D eigenvalue weighted by Gasteiger charge is -2.34. The average molecular weight is 570 g/mol. The monoisotopic (exact) mass is 569 g/mol. The normalized spacial score (nSPS) is 12.8. The molecule has 0 aliphatic rings. The third-order valence-electron chi connectivity index (χ3n) is 6.58. The number of para-hydroxylation sites is 1. The van der Waals surface area contributed by atoms with Gasteiger partial charge in [-0.15, -0.1) is 0 Å². The first kappa shape index (κ1) is 30.2. The molecule has 3 aromatic carbocycles. The van der Waals surface area contributed by atoms with Gasteiger partial charge in [0.25, 0.3) is 0 Å². The molecule has 2 unspecified atom stereocenters. The summed E-state index contributed by atoms with van der Waals surface area (Å²) >= 11 is 6.24. The molecule has 0 aliphatic carbocycles. The van der Waals surface area contributed by atoms with Gasteiger partial charge in [-0.25, -0.2) is 8.42 Å². The maximum atomic E-state index is 14.1. The van der Waals surface area contributed by atoms with Crippen LogP contribution in [-0.4, -0.2) is 50.0 Å². The first-order valence-corrected chi connectivity index (χ1v) is 15.1. The van der Waals surface area contributed by atoms with E-state index >= 15 is 0 Å². The van der Waals surface area contributed by atoms with Crippen LogP contribution in [0.1, 0.15) is 37.0 Å². The fraction of sp³-hybridized carbons (Fsp3) is 0.333. The molecule has 7 nitrogen and oxygen atoms in total. The van der Waals surface area contributed by atoms with Crippen LogP contribution < -0.4 is 9.62 Å². The van der Waals surface area contributed by atoms with Crippen molar-refractivity contribution in [2.45, 2.75) is 52.2 Å². The lowest BCUT2D eigenvalue weighted by molar-refractivity contribution is -0.140. The van der Waals surface area contributed by atoms with Crippen LogP contribution in [0.3, 0.4) is 0 Å². The molecule has 39 heavy (non-hydrogen) atoms. The smallest absolute Gasteiger partial charge is 0.244 e. The number of hydrogen-bond donors (Lipinski definition) is 1. The molecule has 0 aromatic heterocycles. The van der Waals surface area contributed by atoms with Crippen LogP contribution in [0, 0.1) is 6.92 Å². The van der Waals surface area contributed by atoms with Crippen molar-refractivity contribution in [1.82, 2.24) is 10.2 Å². The summed E-state index contributed by atoms with van der Waals surface area (Å²) in [5, 5.41) is 3.52. The van der Waals surface area contributed by atoms with Crippen molar-refractivity contribution in [1.29, 1.82) is 0 Å². The van der Waals surface area contributed by atoms with Gasteiger partial charge in [0, 0.05) is 24.0 Å². The van der Waals surface area contributed by atoms with E-state index in [1.165, 1.54) is 4.90 Å². The fourth-order valence-electron chi connectivity index (χ4n) is 4.27. The van der Waals surface area contributed by atoms with Crippen LogP contribution >= 0.6 is 11.6 Å². The number of benzene rings is 3. The number of aryl methyl sites for hydroxylation is 1. The molecule has 9 heteroatoms. The molecule has 0 saturated heterocycles. The Morgan fingerprint density at radius 3 is 2.21 bits per heavy atom. The van der Waals surface area contributed by atoms with Crippen molar-refractivity contribution in [3.63, 3.8) is 0 Å². The molecule has 0 heterocycles. The zero-order valence-corrected chi connectivity index (χ0v) is 24.4. The second-order valence-corrected chi connectivity index (χ2v) is 12.1. The Kier molecular flexibility index (Phi) is 10.5. The fourth-order valence-corrected chi connectivity index (χ4v) is 5.39. The third-order valence-corrected chi connectivity index (χ3v) is 7.94. The lowest BCUT2D eigenvalue weighted by Crippen LogP contribution is -2.54. The van der Waals surface area contributed by atoms with E-state index in [2.05, 4.69) is 5.32 Å². The summed E-state index contributed by atoms with van der Waals surface area (Å²) in [5.74, 6) is -0.797. The van der Waals surface area contributed by atoms with E-state index in [9.17, 15) is 18.0 Å². The van der Waals surface area contributed by atoms with E-state index in [4.69, 9.17) is 11.6 Å². The molecule has 0 aliphatic heterocycles. The van der Waals surface area contributed by atoms with Gasteiger partial charge in [-0.1, -0.05) is 79.2 Å². The third kappa shape index (κ3) is 8.57. The number of amides is 2. The number of nitrogens with zero attached hydrogens (tertiary/aromatic N) is 2. The molecule has 0 spiro atoms. The summed E-state index contributed by atoms with van der Waals surface area (Å²) < 4.78 is 26.9. The predicted octanol–water partition coefficient (Wildman–Crippen LogP) is 4.97. The number of anilines is 1. The zero-order chi connectivity index (χ0) is 28.6. The minimum absolute atomic E-state index is 0.0796. The number of halogens is 1. The molecule has 0 bridgehead atoms. The van der Waals surface area contributed by atoms with Crippen LogP contribution in [0.2, 0.25) is 5.02 Å². The molecule has 0 radical (unpaired) electrons. The van der Waals surface area contributed by atoms with Crippen molar-refractivity contribution in [2.75, 3.05) is 17.1 Å². The highest BCUT2D eigenvalue weighted by Gasteiger charge is 2.33. The Balaban J connectivity index is 2.07. The van der Waals surface area contributed by atoms with E-state index in [0.29, 0.717) is 16.3 Å². The van der Waals surface area contributed by atoms with Gasteiger partial charge in [0.15, 0.2) is 0 Å². The van der Waals surface area contributed by atoms with Gasteiger partial charge < -0.3 is 10.2 Å². The Bertz CT molecular complexity index is 1380. The number of rotatable bonds is 12. The van der Waals surface area contributed by atoms with Gasteiger partial charge in [-0.3, -0.25) is 13.9 Å². The summed E-state index contributed by atoms with van der Waals surface area (Å²) in [6.45, 7) is 5.30. The summed E-state index contributed by atoms with van der Waals surface area (Å²) in [5.41, 5.74) is 2.74. The van der Waals surface area contributed by atoms with Gasteiger partial charge in [0.05, 0.1) is 11.9 Å². The zero-order valence-electron chi connectivity index (χ0n) is 22.8. The van der Waals surface area contributed by atoms with E-state index in [1.807, 2.05) is 56.3 Å². The molecule has 2 amide bonds. The highest BCUT2D eigenvalue weighted by molar-refractivity contribution is 7.92. The van der Waals surface area contributed by atoms with Gasteiger partial charge in [-0.05, 0) is 55.2 Å². The van der Waals surface area contributed by atoms with Crippen molar-refractivity contribution < 1.29 is 18.0 Å². The van der Waals surface area contributed by atoms with Crippen molar-refractivity contribution in [2.24, 2.45) is 0 Å². The van der Waals surface area contributed by atoms with Crippen LogP contribution in [0.15, 0.2) is 78.9 Å². The maximum absolute atomic E-state index is 14.1. The molecule has 3 rings (SSSR count). The molecule has 208 valence electrons.